The Morgan fingerprint density at radius 3 is 2.19 bits per heavy atom. The van der Waals surface area contributed by atoms with Crippen LogP contribution in [0, 0.1) is 0 Å². The lowest BCUT2D eigenvalue weighted by molar-refractivity contribution is -0.161. The predicted octanol–water partition coefficient (Wildman–Crippen LogP) is 4.47. The number of nitrogens with zero attached hydrogens (tertiary/aromatic N) is 2. The molecule has 1 saturated heterocycles. The monoisotopic (exact) mass is 428 g/mol. The smallest absolute Gasteiger partial charge is 0.250 e. The van der Waals surface area contributed by atoms with Crippen LogP contribution in [-0.2, 0) is 9.59 Å². The van der Waals surface area contributed by atoms with Gasteiger partial charge < -0.3 is 19.3 Å². The van der Waals surface area contributed by atoms with Crippen molar-refractivity contribution < 1.29 is 19.1 Å². The van der Waals surface area contributed by atoms with E-state index in [4.69, 9.17) is 9.47 Å². The molecule has 3 fully saturated rings. The van der Waals surface area contributed by atoms with Crippen LogP contribution in [0.1, 0.15) is 82.7 Å². The fraction of sp³-hybridized carbons (Fsp3) is 0.680. The summed E-state index contributed by atoms with van der Waals surface area (Å²) in [6, 6.07) is 5.44. The third kappa shape index (κ3) is 4.53. The number of hydrogen-bond acceptors (Lipinski definition) is 4. The summed E-state index contributed by atoms with van der Waals surface area (Å²) >= 11 is 0. The Balaban J connectivity index is 1.70. The minimum Gasteiger partial charge on any atom is -0.493 e. The summed E-state index contributed by atoms with van der Waals surface area (Å²) in [5.41, 5.74) is 0.823. The van der Waals surface area contributed by atoms with Gasteiger partial charge in [0.2, 0.25) is 5.91 Å². The first-order chi connectivity index (χ1) is 15.1. The molecule has 3 aliphatic rings. The SMILES string of the molecule is CCOc1ccc(C2C(=O)N(C3CCCCCC3)CC(=O)N2C2CCCC2)cc1OC. The molecule has 2 saturated carbocycles. The average molecular weight is 429 g/mol. The molecule has 0 aromatic heterocycles. The number of methoxy groups -OCH3 is 1. The number of benzene rings is 1. The van der Waals surface area contributed by atoms with Gasteiger partial charge in [-0.2, -0.15) is 0 Å². The molecule has 4 rings (SSSR count). The summed E-state index contributed by atoms with van der Waals surface area (Å²) in [5, 5.41) is 0. The molecule has 1 atom stereocenters. The van der Waals surface area contributed by atoms with Gasteiger partial charge >= 0.3 is 0 Å². The Hall–Kier alpha value is -2.24. The van der Waals surface area contributed by atoms with Gasteiger partial charge in [0.05, 0.1) is 13.7 Å². The van der Waals surface area contributed by atoms with E-state index in [0.29, 0.717) is 18.1 Å². The van der Waals surface area contributed by atoms with Gasteiger partial charge in [0.1, 0.15) is 12.6 Å². The minimum atomic E-state index is -0.572. The van der Waals surface area contributed by atoms with Crippen molar-refractivity contribution >= 4 is 11.8 Å². The molecule has 0 spiro atoms. The van der Waals surface area contributed by atoms with Gasteiger partial charge in [-0.3, -0.25) is 9.59 Å². The fourth-order valence-corrected chi connectivity index (χ4v) is 5.63. The summed E-state index contributed by atoms with van der Waals surface area (Å²) in [6.45, 7) is 2.70. The quantitative estimate of drug-likeness (QED) is 0.627. The normalized spacial score (nSPS) is 23.9. The van der Waals surface area contributed by atoms with Crippen LogP contribution in [0.5, 0.6) is 11.5 Å². The van der Waals surface area contributed by atoms with E-state index in [1.54, 1.807) is 7.11 Å². The zero-order chi connectivity index (χ0) is 21.8. The topological polar surface area (TPSA) is 59.1 Å². The lowest BCUT2D eigenvalue weighted by Gasteiger charge is -2.46. The van der Waals surface area contributed by atoms with Crippen LogP contribution in [0.2, 0.25) is 0 Å². The zero-order valence-electron chi connectivity index (χ0n) is 19.0. The van der Waals surface area contributed by atoms with E-state index >= 15 is 0 Å². The maximum absolute atomic E-state index is 13.9. The molecule has 6 heteroatoms. The molecule has 2 amide bonds. The molecule has 1 aliphatic heterocycles. The maximum atomic E-state index is 13.9. The highest BCUT2D eigenvalue weighted by Crippen LogP contribution is 2.39. The van der Waals surface area contributed by atoms with Gasteiger partial charge in [-0.25, -0.2) is 0 Å². The Morgan fingerprint density at radius 2 is 1.55 bits per heavy atom. The van der Waals surface area contributed by atoms with Crippen molar-refractivity contribution in [2.45, 2.75) is 89.3 Å². The lowest BCUT2D eigenvalue weighted by Crippen LogP contribution is -2.60. The third-order valence-corrected chi connectivity index (χ3v) is 7.18. The Morgan fingerprint density at radius 1 is 0.903 bits per heavy atom. The molecule has 31 heavy (non-hydrogen) atoms. The second-order valence-corrected chi connectivity index (χ2v) is 9.10. The van der Waals surface area contributed by atoms with Crippen LogP contribution in [0.3, 0.4) is 0 Å². The second-order valence-electron chi connectivity index (χ2n) is 9.10. The summed E-state index contributed by atoms with van der Waals surface area (Å²) in [5.74, 6) is 1.44. The van der Waals surface area contributed by atoms with E-state index < -0.39 is 6.04 Å². The number of carbonyl (C=O) groups is 2. The number of rotatable bonds is 6. The van der Waals surface area contributed by atoms with E-state index in [-0.39, 0.29) is 30.4 Å². The summed E-state index contributed by atoms with van der Waals surface area (Å²) in [7, 11) is 1.61. The van der Waals surface area contributed by atoms with E-state index in [0.717, 1.165) is 56.9 Å². The van der Waals surface area contributed by atoms with Crippen molar-refractivity contribution in [2.24, 2.45) is 0 Å². The number of hydrogen-bond donors (Lipinski definition) is 0. The van der Waals surface area contributed by atoms with Crippen LogP contribution in [-0.4, -0.2) is 54.0 Å². The van der Waals surface area contributed by atoms with Gasteiger partial charge in [-0.05, 0) is 50.3 Å². The summed E-state index contributed by atoms with van der Waals surface area (Å²) < 4.78 is 11.2. The minimum absolute atomic E-state index is 0.0737. The molecule has 2 aliphatic carbocycles. The standard InChI is InChI=1S/C25H36N2O4/c1-3-31-21-15-14-18(16-22(21)30-2)24-25(29)26(19-10-6-4-5-7-11-19)17-23(28)27(24)20-12-8-9-13-20/h14-16,19-20,24H,3-13,17H2,1-2H3. The third-order valence-electron chi connectivity index (χ3n) is 7.18. The van der Waals surface area contributed by atoms with E-state index in [1.807, 2.05) is 34.9 Å². The first kappa shape index (κ1) is 22.0. The molecular weight excluding hydrogens is 392 g/mol. The molecular formula is C25H36N2O4. The molecule has 170 valence electrons. The molecule has 1 unspecified atom stereocenters. The van der Waals surface area contributed by atoms with Crippen molar-refractivity contribution in [1.29, 1.82) is 0 Å². The predicted molar refractivity (Wildman–Crippen MR) is 119 cm³/mol. The van der Waals surface area contributed by atoms with Crippen molar-refractivity contribution in [3.63, 3.8) is 0 Å². The molecule has 0 radical (unpaired) electrons. The van der Waals surface area contributed by atoms with Crippen LogP contribution >= 0.6 is 0 Å². The van der Waals surface area contributed by atoms with Crippen LogP contribution in [0.4, 0.5) is 0 Å². The van der Waals surface area contributed by atoms with Crippen molar-refractivity contribution in [3.8, 4) is 11.5 Å². The first-order valence-electron chi connectivity index (χ1n) is 12.1. The molecule has 0 bridgehead atoms. The van der Waals surface area contributed by atoms with Crippen LogP contribution in [0.15, 0.2) is 18.2 Å². The van der Waals surface area contributed by atoms with Crippen molar-refractivity contribution in [1.82, 2.24) is 9.80 Å². The van der Waals surface area contributed by atoms with E-state index in [1.165, 1.54) is 12.8 Å². The van der Waals surface area contributed by atoms with Gasteiger partial charge in [0.25, 0.3) is 5.91 Å². The highest BCUT2D eigenvalue weighted by atomic mass is 16.5. The number of piperazine rings is 1. The number of carbonyl (C=O) groups excluding carboxylic acids is 2. The number of amides is 2. The highest BCUT2D eigenvalue weighted by molar-refractivity contribution is 5.96. The molecule has 1 aromatic carbocycles. The lowest BCUT2D eigenvalue weighted by atomic mass is 9.95. The second kappa shape index (κ2) is 9.92. The summed E-state index contributed by atoms with van der Waals surface area (Å²) in [6.07, 6.45) is 10.9. The van der Waals surface area contributed by atoms with E-state index in [2.05, 4.69) is 0 Å². The van der Waals surface area contributed by atoms with Gasteiger partial charge in [-0.15, -0.1) is 0 Å². The largest absolute Gasteiger partial charge is 0.493 e. The Labute approximate surface area is 185 Å². The number of ether oxygens (including phenoxy) is 2. The highest BCUT2D eigenvalue weighted by Gasteiger charge is 2.46. The van der Waals surface area contributed by atoms with Crippen molar-refractivity contribution in [2.75, 3.05) is 20.3 Å². The molecule has 0 N–H and O–H groups in total. The first-order valence-corrected chi connectivity index (χ1v) is 12.1. The Bertz CT molecular complexity index is 782. The van der Waals surface area contributed by atoms with Crippen molar-refractivity contribution in [3.05, 3.63) is 23.8 Å². The fourth-order valence-electron chi connectivity index (χ4n) is 5.63. The molecule has 1 aromatic rings. The van der Waals surface area contributed by atoms with Crippen LogP contribution < -0.4 is 9.47 Å². The van der Waals surface area contributed by atoms with Gasteiger partial charge in [0.15, 0.2) is 11.5 Å². The van der Waals surface area contributed by atoms with E-state index in [9.17, 15) is 9.59 Å². The zero-order valence-corrected chi connectivity index (χ0v) is 19.0. The maximum Gasteiger partial charge on any atom is 0.250 e. The van der Waals surface area contributed by atoms with Crippen LogP contribution in [0.25, 0.3) is 0 Å². The Kier molecular flexibility index (Phi) is 7.03. The summed E-state index contributed by atoms with van der Waals surface area (Å²) in [4.78, 5) is 31.2. The van der Waals surface area contributed by atoms with Gasteiger partial charge in [0, 0.05) is 12.1 Å². The molecule has 1 heterocycles. The molecule has 6 nitrogen and oxygen atoms in total. The van der Waals surface area contributed by atoms with Gasteiger partial charge in [-0.1, -0.05) is 44.6 Å². The average Bonchev–Trinajstić information content (AvgIpc) is 3.17.